The Morgan fingerprint density at radius 2 is 2.33 bits per heavy atom. The lowest BCUT2D eigenvalue weighted by atomic mass is 9.95. The van der Waals surface area contributed by atoms with Crippen LogP contribution in [0.4, 0.5) is 0 Å². The highest BCUT2D eigenvalue weighted by Gasteiger charge is 2.17. The minimum absolute atomic E-state index is 0.325. The molecule has 0 saturated carbocycles. The molecule has 1 aliphatic rings. The molecule has 0 fully saturated rings. The Hall–Kier alpha value is -0.860. The van der Waals surface area contributed by atoms with Crippen LogP contribution in [0.15, 0.2) is 18.2 Å². The predicted molar refractivity (Wildman–Crippen MR) is 47.8 cm³/mol. The molecule has 2 rings (SSSR count). The first-order valence-corrected chi connectivity index (χ1v) is 4.26. The third-order valence-corrected chi connectivity index (χ3v) is 2.44. The number of rotatable bonds is 0. The van der Waals surface area contributed by atoms with Gasteiger partial charge in [-0.15, -0.1) is 0 Å². The number of β-amino-alcohol motifs (C(OH)–C–C–N with tert-alkyl or cyclic N) is 1. The van der Waals surface area contributed by atoms with Crippen LogP contribution in [-0.2, 0) is 6.54 Å². The van der Waals surface area contributed by atoms with E-state index >= 15 is 0 Å². The Labute approximate surface area is 72.2 Å². The third kappa shape index (κ3) is 1.13. The van der Waals surface area contributed by atoms with Crippen molar-refractivity contribution in [3.8, 4) is 0 Å². The van der Waals surface area contributed by atoms with Gasteiger partial charge in [-0.1, -0.05) is 18.2 Å². The highest BCUT2D eigenvalue weighted by molar-refractivity contribution is 5.37. The second-order valence-electron chi connectivity index (χ2n) is 3.29. The lowest BCUT2D eigenvalue weighted by Gasteiger charge is -2.23. The molecule has 12 heavy (non-hydrogen) atoms. The number of aliphatic hydroxyl groups excluding tert-OH is 1. The Morgan fingerprint density at radius 1 is 1.50 bits per heavy atom. The van der Waals surface area contributed by atoms with Gasteiger partial charge in [0, 0.05) is 13.1 Å². The van der Waals surface area contributed by atoms with Crippen LogP contribution >= 0.6 is 0 Å². The number of benzene rings is 1. The van der Waals surface area contributed by atoms with Crippen molar-refractivity contribution in [2.24, 2.45) is 0 Å². The first kappa shape index (κ1) is 7.77. The summed E-state index contributed by atoms with van der Waals surface area (Å²) < 4.78 is 0. The van der Waals surface area contributed by atoms with Crippen LogP contribution in [0.25, 0.3) is 0 Å². The summed E-state index contributed by atoms with van der Waals surface area (Å²) in [5, 5.41) is 12.8. The van der Waals surface area contributed by atoms with Gasteiger partial charge in [0.25, 0.3) is 0 Å². The number of aliphatic hydroxyl groups is 1. The Bertz CT molecular complexity index is 296. The van der Waals surface area contributed by atoms with E-state index in [-0.39, 0.29) is 6.10 Å². The molecule has 1 unspecified atom stereocenters. The van der Waals surface area contributed by atoms with Gasteiger partial charge in [-0.3, -0.25) is 0 Å². The zero-order valence-corrected chi connectivity index (χ0v) is 7.17. The fourth-order valence-corrected chi connectivity index (χ4v) is 1.72. The van der Waals surface area contributed by atoms with Gasteiger partial charge in [0.2, 0.25) is 0 Å². The molecule has 0 saturated heterocycles. The predicted octanol–water partition coefficient (Wildman–Crippen LogP) is 1.13. The van der Waals surface area contributed by atoms with Gasteiger partial charge >= 0.3 is 0 Å². The van der Waals surface area contributed by atoms with Crippen LogP contribution in [0.5, 0.6) is 0 Å². The second kappa shape index (κ2) is 2.88. The van der Waals surface area contributed by atoms with Crippen molar-refractivity contribution in [1.82, 2.24) is 5.32 Å². The summed E-state index contributed by atoms with van der Waals surface area (Å²) >= 11 is 0. The summed E-state index contributed by atoms with van der Waals surface area (Å²) in [5.74, 6) is 0. The third-order valence-electron chi connectivity index (χ3n) is 2.44. The van der Waals surface area contributed by atoms with Crippen LogP contribution < -0.4 is 5.32 Å². The maximum absolute atomic E-state index is 9.62. The number of nitrogens with one attached hydrogen (secondary N) is 1. The highest BCUT2D eigenvalue weighted by Crippen LogP contribution is 2.23. The zero-order chi connectivity index (χ0) is 8.55. The van der Waals surface area contributed by atoms with E-state index in [2.05, 4.69) is 18.3 Å². The van der Waals surface area contributed by atoms with Crippen LogP contribution in [0.3, 0.4) is 0 Å². The molecule has 2 heteroatoms. The number of hydrogen-bond acceptors (Lipinski definition) is 2. The van der Waals surface area contributed by atoms with Gasteiger partial charge in [-0.2, -0.15) is 0 Å². The lowest BCUT2D eigenvalue weighted by molar-refractivity contribution is 0.165. The van der Waals surface area contributed by atoms with E-state index in [4.69, 9.17) is 0 Å². The largest absolute Gasteiger partial charge is 0.387 e. The quantitative estimate of drug-likeness (QED) is 0.601. The number of aryl methyl sites for hydroxylation is 1. The van der Waals surface area contributed by atoms with Crippen molar-refractivity contribution < 1.29 is 5.11 Å². The molecule has 0 radical (unpaired) electrons. The van der Waals surface area contributed by atoms with Gasteiger partial charge in [-0.05, 0) is 23.6 Å². The van der Waals surface area contributed by atoms with Gasteiger partial charge < -0.3 is 10.4 Å². The number of fused-ring (bicyclic) bond motifs is 1. The SMILES string of the molecule is Cc1cccc2c1CNCC2O. The average Bonchev–Trinajstić information content (AvgIpc) is 2.07. The minimum Gasteiger partial charge on any atom is -0.387 e. The van der Waals surface area contributed by atoms with E-state index in [1.165, 1.54) is 11.1 Å². The standard InChI is InChI=1S/C10H13NO/c1-7-3-2-4-8-9(7)5-11-6-10(8)12/h2-4,10-12H,5-6H2,1H3. The van der Waals surface area contributed by atoms with Crippen LogP contribution in [0, 0.1) is 6.92 Å². The van der Waals surface area contributed by atoms with E-state index in [1.54, 1.807) is 0 Å². The Morgan fingerprint density at radius 3 is 3.08 bits per heavy atom. The average molecular weight is 163 g/mol. The fraction of sp³-hybridized carbons (Fsp3) is 0.400. The summed E-state index contributed by atoms with van der Waals surface area (Å²) in [6.45, 7) is 3.65. The van der Waals surface area contributed by atoms with E-state index in [9.17, 15) is 5.11 Å². The molecule has 1 aliphatic heterocycles. The molecule has 2 nitrogen and oxygen atoms in total. The Balaban J connectivity index is 2.52. The fourth-order valence-electron chi connectivity index (χ4n) is 1.72. The molecule has 1 atom stereocenters. The maximum atomic E-state index is 9.62. The molecule has 1 aromatic carbocycles. The van der Waals surface area contributed by atoms with Gasteiger partial charge in [0.15, 0.2) is 0 Å². The molecule has 2 N–H and O–H groups in total. The summed E-state index contributed by atoms with van der Waals surface area (Å²) in [7, 11) is 0. The van der Waals surface area contributed by atoms with Gasteiger partial charge in [0.1, 0.15) is 0 Å². The number of hydrogen-bond donors (Lipinski definition) is 2. The van der Waals surface area contributed by atoms with E-state index in [1.807, 2.05) is 12.1 Å². The molecular weight excluding hydrogens is 150 g/mol. The molecule has 0 amide bonds. The van der Waals surface area contributed by atoms with Crippen LogP contribution in [0.1, 0.15) is 22.8 Å². The molecular formula is C10H13NO. The molecule has 0 aliphatic carbocycles. The molecule has 0 spiro atoms. The summed E-state index contributed by atoms with van der Waals surface area (Å²) in [5.41, 5.74) is 3.61. The van der Waals surface area contributed by atoms with Gasteiger partial charge in [-0.25, -0.2) is 0 Å². The molecule has 0 aromatic heterocycles. The minimum atomic E-state index is -0.325. The summed E-state index contributed by atoms with van der Waals surface area (Å²) in [6.07, 6.45) is -0.325. The normalized spacial score (nSPS) is 22.0. The van der Waals surface area contributed by atoms with Crippen molar-refractivity contribution in [2.75, 3.05) is 6.54 Å². The Kier molecular flexibility index (Phi) is 1.87. The van der Waals surface area contributed by atoms with Crippen molar-refractivity contribution in [1.29, 1.82) is 0 Å². The van der Waals surface area contributed by atoms with Crippen LogP contribution in [0.2, 0.25) is 0 Å². The molecule has 1 heterocycles. The first-order valence-electron chi connectivity index (χ1n) is 4.26. The molecule has 64 valence electrons. The smallest absolute Gasteiger partial charge is 0.0917 e. The maximum Gasteiger partial charge on any atom is 0.0917 e. The van der Waals surface area contributed by atoms with Crippen molar-refractivity contribution in [3.63, 3.8) is 0 Å². The second-order valence-corrected chi connectivity index (χ2v) is 3.29. The van der Waals surface area contributed by atoms with E-state index in [0.29, 0.717) is 6.54 Å². The summed E-state index contributed by atoms with van der Waals surface area (Å²) in [6, 6.07) is 6.09. The molecule has 0 bridgehead atoms. The van der Waals surface area contributed by atoms with Crippen molar-refractivity contribution >= 4 is 0 Å². The van der Waals surface area contributed by atoms with Gasteiger partial charge in [0.05, 0.1) is 6.10 Å². The summed E-state index contributed by atoms with van der Waals surface area (Å²) in [4.78, 5) is 0. The monoisotopic (exact) mass is 163 g/mol. The van der Waals surface area contributed by atoms with Crippen LogP contribution in [-0.4, -0.2) is 11.7 Å². The van der Waals surface area contributed by atoms with E-state index in [0.717, 1.165) is 12.1 Å². The zero-order valence-electron chi connectivity index (χ0n) is 7.17. The first-order chi connectivity index (χ1) is 5.79. The van der Waals surface area contributed by atoms with E-state index < -0.39 is 0 Å². The topological polar surface area (TPSA) is 32.3 Å². The van der Waals surface area contributed by atoms with Crippen molar-refractivity contribution in [2.45, 2.75) is 19.6 Å². The van der Waals surface area contributed by atoms with Crippen molar-refractivity contribution in [3.05, 3.63) is 34.9 Å². The highest BCUT2D eigenvalue weighted by atomic mass is 16.3. The molecule has 1 aromatic rings. The lowest BCUT2D eigenvalue weighted by Crippen LogP contribution is -2.28.